The van der Waals surface area contributed by atoms with Gasteiger partial charge in [0, 0.05) is 5.56 Å². The van der Waals surface area contributed by atoms with E-state index in [1.54, 1.807) is 18.2 Å². The topological polar surface area (TPSA) is 41.1 Å². The molecule has 0 fully saturated rings. The summed E-state index contributed by atoms with van der Waals surface area (Å²) in [5.41, 5.74) is 2.14. The summed E-state index contributed by atoms with van der Waals surface area (Å²) in [6.45, 7) is 2.05. The maximum Gasteiger partial charge on any atom is 0.257 e. The van der Waals surface area contributed by atoms with Gasteiger partial charge in [-0.3, -0.25) is 10.1 Å². The lowest BCUT2D eigenvalue weighted by molar-refractivity contribution is 0.0977. The molecule has 3 nitrogen and oxygen atoms in total. The van der Waals surface area contributed by atoms with Crippen molar-refractivity contribution < 1.29 is 4.79 Å². The van der Waals surface area contributed by atoms with Gasteiger partial charge in [0.05, 0.1) is 20.8 Å². The van der Waals surface area contributed by atoms with Crippen molar-refractivity contribution >= 4 is 63.7 Å². The number of hydrogen-bond donors (Lipinski definition) is 2. The number of rotatable bonds is 3. The summed E-state index contributed by atoms with van der Waals surface area (Å²) in [5.74, 6) is -0.304. The fourth-order valence-corrected chi connectivity index (χ4v) is 2.64. The Morgan fingerprint density at radius 2 is 1.65 bits per heavy atom. The fraction of sp³-hybridized carbons (Fsp3) is 0.125. The molecule has 0 aliphatic carbocycles. The van der Waals surface area contributed by atoms with Gasteiger partial charge in [-0.2, -0.15) is 0 Å². The number of anilines is 1. The lowest BCUT2D eigenvalue weighted by Gasteiger charge is -2.12. The van der Waals surface area contributed by atoms with Crippen molar-refractivity contribution in [3.8, 4) is 0 Å². The molecule has 2 aromatic carbocycles. The van der Waals surface area contributed by atoms with Gasteiger partial charge in [0.1, 0.15) is 0 Å². The summed E-state index contributed by atoms with van der Waals surface area (Å²) in [6.07, 6.45) is 0.914. The first-order valence-electron chi connectivity index (χ1n) is 6.76. The van der Waals surface area contributed by atoms with Crippen LogP contribution in [0.3, 0.4) is 0 Å². The van der Waals surface area contributed by atoms with E-state index in [2.05, 4.69) is 17.6 Å². The maximum atomic E-state index is 12.1. The van der Waals surface area contributed by atoms with Crippen molar-refractivity contribution in [1.29, 1.82) is 0 Å². The smallest absolute Gasteiger partial charge is 0.257 e. The van der Waals surface area contributed by atoms with Gasteiger partial charge in [-0.15, -0.1) is 0 Å². The quantitative estimate of drug-likeness (QED) is 0.552. The SMILES string of the molecule is CCc1ccc(C(=O)NC(=S)Nc2cc(Cl)c(Cl)cc2Cl)cc1. The summed E-state index contributed by atoms with van der Waals surface area (Å²) in [6, 6.07) is 10.4. The molecule has 0 bridgehead atoms. The molecule has 7 heteroatoms. The first-order chi connectivity index (χ1) is 10.9. The molecule has 2 N–H and O–H groups in total. The minimum Gasteiger partial charge on any atom is -0.331 e. The van der Waals surface area contributed by atoms with Crippen molar-refractivity contribution in [2.75, 3.05) is 5.32 Å². The van der Waals surface area contributed by atoms with Crippen LogP contribution in [0.1, 0.15) is 22.8 Å². The minimum atomic E-state index is -0.304. The van der Waals surface area contributed by atoms with Gasteiger partial charge in [0.15, 0.2) is 5.11 Å². The number of aryl methyl sites for hydroxylation is 1. The van der Waals surface area contributed by atoms with E-state index >= 15 is 0 Å². The number of hydrogen-bond acceptors (Lipinski definition) is 2. The van der Waals surface area contributed by atoms with Gasteiger partial charge in [0.2, 0.25) is 0 Å². The lowest BCUT2D eigenvalue weighted by Crippen LogP contribution is -2.34. The van der Waals surface area contributed by atoms with E-state index in [1.807, 2.05) is 12.1 Å². The van der Waals surface area contributed by atoms with Crippen molar-refractivity contribution in [3.63, 3.8) is 0 Å². The van der Waals surface area contributed by atoms with E-state index in [1.165, 1.54) is 6.07 Å². The van der Waals surface area contributed by atoms with Gasteiger partial charge in [-0.05, 0) is 48.5 Å². The first-order valence-corrected chi connectivity index (χ1v) is 8.30. The van der Waals surface area contributed by atoms with Crippen LogP contribution in [0.25, 0.3) is 0 Å². The van der Waals surface area contributed by atoms with Gasteiger partial charge in [-0.25, -0.2) is 0 Å². The molecule has 0 atom stereocenters. The molecule has 0 saturated heterocycles. The van der Waals surface area contributed by atoms with E-state index < -0.39 is 0 Å². The van der Waals surface area contributed by atoms with Crippen LogP contribution in [0, 0.1) is 0 Å². The van der Waals surface area contributed by atoms with Gasteiger partial charge in [-0.1, -0.05) is 53.9 Å². The Morgan fingerprint density at radius 1 is 1.04 bits per heavy atom. The third-order valence-electron chi connectivity index (χ3n) is 3.11. The van der Waals surface area contributed by atoms with Crippen LogP contribution in [0.2, 0.25) is 15.1 Å². The molecule has 2 aromatic rings. The highest BCUT2D eigenvalue weighted by atomic mass is 35.5. The summed E-state index contributed by atoms with van der Waals surface area (Å²) in [4.78, 5) is 12.1. The summed E-state index contributed by atoms with van der Waals surface area (Å²) in [7, 11) is 0. The molecule has 0 unspecified atom stereocenters. The molecule has 0 heterocycles. The second-order valence-electron chi connectivity index (χ2n) is 4.70. The Bertz CT molecular complexity index is 748. The number of amides is 1. The Morgan fingerprint density at radius 3 is 2.26 bits per heavy atom. The van der Waals surface area contributed by atoms with Crippen LogP contribution in [-0.2, 0) is 6.42 Å². The largest absolute Gasteiger partial charge is 0.331 e. The van der Waals surface area contributed by atoms with Crippen molar-refractivity contribution in [2.45, 2.75) is 13.3 Å². The Balaban J connectivity index is 2.04. The number of halogens is 3. The average Bonchev–Trinajstić information content (AvgIpc) is 2.52. The van der Waals surface area contributed by atoms with Crippen LogP contribution in [-0.4, -0.2) is 11.0 Å². The number of benzene rings is 2. The molecule has 0 aliphatic heterocycles. The van der Waals surface area contributed by atoms with E-state index in [0.29, 0.717) is 26.3 Å². The summed E-state index contributed by atoms with van der Waals surface area (Å²) < 4.78 is 0. The molecule has 0 radical (unpaired) electrons. The van der Waals surface area contributed by atoms with Crippen molar-refractivity contribution in [2.24, 2.45) is 0 Å². The molecular formula is C16H13Cl3N2OS. The highest BCUT2D eigenvalue weighted by Crippen LogP contribution is 2.32. The second kappa shape index (κ2) is 7.97. The summed E-state index contributed by atoms with van der Waals surface area (Å²) >= 11 is 23.0. The molecule has 1 amide bonds. The number of carbonyl (C=O) groups excluding carboxylic acids is 1. The molecule has 2 rings (SSSR count). The predicted molar refractivity (Wildman–Crippen MR) is 101 cm³/mol. The number of thiocarbonyl (C=S) groups is 1. The van der Waals surface area contributed by atoms with Crippen LogP contribution < -0.4 is 10.6 Å². The molecule has 0 saturated carbocycles. The average molecular weight is 388 g/mol. The van der Waals surface area contributed by atoms with E-state index in [4.69, 9.17) is 47.0 Å². The summed E-state index contributed by atoms with van der Waals surface area (Å²) in [5, 5.41) is 6.56. The van der Waals surface area contributed by atoms with Crippen molar-refractivity contribution in [1.82, 2.24) is 5.32 Å². The first kappa shape index (κ1) is 18.0. The normalized spacial score (nSPS) is 10.3. The zero-order chi connectivity index (χ0) is 17.0. The van der Waals surface area contributed by atoms with Crippen LogP contribution in [0.4, 0.5) is 5.69 Å². The third kappa shape index (κ3) is 4.82. The molecule has 23 heavy (non-hydrogen) atoms. The minimum absolute atomic E-state index is 0.120. The molecule has 0 aliphatic rings. The predicted octanol–water partition coefficient (Wildman–Crippen LogP) is 5.34. The Kier molecular flexibility index (Phi) is 6.25. The van der Waals surface area contributed by atoms with E-state index in [0.717, 1.165) is 12.0 Å². The van der Waals surface area contributed by atoms with E-state index in [9.17, 15) is 4.79 Å². The van der Waals surface area contributed by atoms with Gasteiger partial charge < -0.3 is 5.32 Å². The number of nitrogens with one attached hydrogen (secondary N) is 2. The molecule has 0 spiro atoms. The zero-order valence-corrected chi connectivity index (χ0v) is 15.2. The van der Waals surface area contributed by atoms with E-state index in [-0.39, 0.29) is 11.0 Å². The second-order valence-corrected chi connectivity index (χ2v) is 6.33. The monoisotopic (exact) mass is 386 g/mol. The number of carbonyl (C=O) groups is 1. The molecule has 0 aromatic heterocycles. The highest BCUT2D eigenvalue weighted by molar-refractivity contribution is 7.80. The zero-order valence-electron chi connectivity index (χ0n) is 12.1. The van der Waals surface area contributed by atoms with Crippen molar-refractivity contribution in [3.05, 3.63) is 62.6 Å². The maximum absolute atomic E-state index is 12.1. The fourth-order valence-electron chi connectivity index (χ4n) is 1.84. The highest BCUT2D eigenvalue weighted by Gasteiger charge is 2.11. The Hall–Kier alpha value is -1.33. The van der Waals surface area contributed by atoms with Gasteiger partial charge in [0.25, 0.3) is 5.91 Å². The molecular weight excluding hydrogens is 375 g/mol. The molecule has 120 valence electrons. The van der Waals surface area contributed by atoms with Gasteiger partial charge >= 0.3 is 0 Å². The standard InChI is InChI=1S/C16H13Cl3N2OS/c1-2-9-3-5-10(6-4-9)15(22)21-16(23)20-14-8-12(18)11(17)7-13(14)19/h3-8H,2H2,1H3,(H2,20,21,22,23). The van der Waals surface area contributed by atoms with Crippen LogP contribution in [0.5, 0.6) is 0 Å². The Labute approximate surface area is 154 Å². The third-order valence-corrected chi connectivity index (χ3v) is 4.35. The lowest BCUT2D eigenvalue weighted by atomic mass is 10.1. The van der Waals surface area contributed by atoms with Crippen LogP contribution >= 0.6 is 47.0 Å². The van der Waals surface area contributed by atoms with Crippen LogP contribution in [0.15, 0.2) is 36.4 Å².